The standard InChI is InChI=1S/C12H16FNO3S/c1-9-8-18(16,17)5-4-14(9)12-3-2-10(7-15)6-11(12)13/h2-3,6,9,15H,4-5,7-8H2,1H3. The van der Waals surface area contributed by atoms with Crippen LogP contribution in [0.25, 0.3) is 0 Å². The SMILES string of the molecule is CC1CS(=O)(=O)CCN1c1ccc(CO)cc1F. The third-order valence-corrected chi connectivity index (χ3v) is 4.97. The smallest absolute Gasteiger partial charge is 0.154 e. The summed E-state index contributed by atoms with van der Waals surface area (Å²) in [5.41, 5.74) is 0.906. The molecule has 4 nitrogen and oxygen atoms in total. The fourth-order valence-electron chi connectivity index (χ4n) is 2.24. The number of hydrogen-bond acceptors (Lipinski definition) is 4. The van der Waals surface area contributed by atoms with E-state index in [1.165, 1.54) is 6.07 Å². The summed E-state index contributed by atoms with van der Waals surface area (Å²) in [6, 6.07) is 4.28. The van der Waals surface area contributed by atoms with Gasteiger partial charge in [0.25, 0.3) is 0 Å². The fourth-order valence-corrected chi connectivity index (χ4v) is 3.79. The Balaban J connectivity index is 2.27. The van der Waals surface area contributed by atoms with E-state index in [-0.39, 0.29) is 24.2 Å². The second kappa shape index (κ2) is 4.85. The van der Waals surface area contributed by atoms with Gasteiger partial charge in [-0.25, -0.2) is 12.8 Å². The van der Waals surface area contributed by atoms with Gasteiger partial charge in [0.05, 0.1) is 23.8 Å². The van der Waals surface area contributed by atoms with Gasteiger partial charge in [0.2, 0.25) is 0 Å². The lowest BCUT2D eigenvalue weighted by atomic mass is 10.1. The number of hydrogen-bond donors (Lipinski definition) is 1. The maximum atomic E-state index is 13.9. The Morgan fingerprint density at radius 1 is 1.50 bits per heavy atom. The number of benzene rings is 1. The first kappa shape index (κ1) is 13.3. The second-order valence-electron chi connectivity index (χ2n) is 4.60. The summed E-state index contributed by atoms with van der Waals surface area (Å²) in [6.07, 6.45) is 0. The Labute approximate surface area is 106 Å². The predicted molar refractivity (Wildman–Crippen MR) is 67.8 cm³/mol. The molecule has 1 fully saturated rings. The molecule has 0 aromatic heterocycles. The minimum atomic E-state index is -3.00. The van der Waals surface area contributed by atoms with Gasteiger partial charge in [0.1, 0.15) is 5.82 Å². The Morgan fingerprint density at radius 2 is 2.22 bits per heavy atom. The molecule has 100 valence electrons. The van der Waals surface area contributed by atoms with Crippen LogP contribution in [0.2, 0.25) is 0 Å². The first-order valence-electron chi connectivity index (χ1n) is 5.79. The van der Waals surface area contributed by atoms with Crippen molar-refractivity contribution in [3.05, 3.63) is 29.6 Å². The van der Waals surface area contributed by atoms with Gasteiger partial charge in [-0.1, -0.05) is 6.07 Å². The Morgan fingerprint density at radius 3 is 2.78 bits per heavy atom. The molecule has 0 amide bonds. The van der Waals surface area contributed by atoms with Crippen LogP contribution < -0.4 is 4.90 Å². The third-order valence-electron chi connectivity index (χ3n) is 3.17. The lowest BCUT2D eigenvalue weighted by molar-refractivity contribution is 0.281. The lowest BCUT2D eigenvalue weighted by Crippen LogP contribution is -2.47. The van der Waals surface area contributed by atoms with Crippen LogP contribution in [0.5, 0.6) is 0 Å². The number of halogens is 1. The van der Waals surface area contributed by atoms with Crippen LogP contribution >= 0.6 is 0 Å². The van der Waals surface area contributed by atoms with Crippen molar-refractivity contribution in [3.8, 4) is 0 Å². The van der Waals surface area contributed by atoms with Crippen molar-refractivity contribution < 1.29 is 17.9 Å². The van der Waals surface area contributed by atoms with Gasteiger partial charge in [-0.2, -0.15) is 0 Å². The first-order chi connectivity index (χ1) is 8.43. The highest BCUT2D eigenvalue weighted by Crippen LogP contribution is 2.25. The minimum absolute atomic E-state index is 0.0498. The number of rotatable bonds is 2. The van der Waals surface area contributed by atoms with Crippen LogP contribution in [0.1, 0.15) is 12.5 Å². The molecular weight excluding hydrogens is 257 g/mol. The van der Waals surface area contributed by atoms with E-state index >= 15 is 0 Å². The van der Waals surface area contributed by atoms with E-state index < -0.39 is 15.7 Å². The third kappa shape index (κ3) is 2.64. The highest BCUT2D eigenvalue weighted by molar-refractivity contribution is 7.91. The lowest BCUT2D eigenvalue weighted by Gasteiger charge is -2.35. The molecule has 1 N–H and O–H groups in total. The van der Waals surface area contributed by atoms with Gasteiger partial charge in [-0.3, -0.25) is 0 Å². The Kier molecular flexibility index (Phi) is 3.59. The molecule has 2 rings (SSSR count). The van der Waals surface area contributed by atoms with E-state index in [1.54, 1.807) is 24.0 Å². The maximum Gasteiger partial charge on any atom is 0.154 e. The molecule has 0 radical (unpaired) electrons. The van der Waals surface area contributed by atoms with Crippen LogP contribution in [0.4, 0.5) is 10.1 Å². The van der Waals surface area contributed by atoms with Crippen LogP contribution in [-0.2, 0) is 16.4 Å². The van der Waals surface area contributed by atoms with E-state index in [2.05, 4.69) is 0 Å². The average Bonchev–Trinajstić information content (AvgIpc) is 2.29. The molecule has 1 heterocycles. The molecule has 0 bridgehead atoms. The van der Waals surface area contributed by atoms with Crippen LogP contribution in [-0.4, -0.2) is 37.6 Å². The van der Waals surface area contributed by atoms with Crippen molar-refractivity contribution in [2.24, 2.45) is 0 Å². The topological polar surface area (TPSA) is 57.6 Å². The largest absolute Gasteiger partial charge is 0.392 e. The molecule has 1 aliphatic rings. The number of anilines is 1. The number of aliphatic hydroxyl groups excluding tert-OH is 1. The summed E-state index contributed by atoms with van der Waals surface area (Å²) in [7, 11) is -3.00. The van der Waals surface area contributed by atoms with Crippen LogP contribution in [0, 0.1) is 5.82 Å². The molecule has 1 unspecified atom stereocenters. The first-order valence-corrected chi connectivity index (χ1v) is 7.61. The second-order valence-corrected chi connectivity index (χ2v) is 6.83. The van der Waals surface area contributed by atoms with E-state index in [9.17, 15) is 12.8 Å². The molecule has 1 aromatic rings. The predicted octanol–water partition coefficient (Wildman–Crippen LogP) is 0.941. The zero-order chi connectivity index (χ0) is 13.3. The fraction of sp³-hybridized carbons (Fsp3) is 0.500. The van der Waals surface area contributed by atoms with Gasteiger partial charge in [0.15, 0.2) is 9.84 Å². The number of sulfone groups is 1. The van der Waals surface area contributed by atoms with E-state index in [0.29, 0.717) is 17.8 Å². The molecule has 0 saturated carbocycles. The van der Waals surface area contributed by atoms with Gasteiger partial charge in [-0.15, -0.1) is 0 Å². The number of nitrogens with zero attached hydrogens (tertiary/aromatic N) is 1. The average molecular weight is 273 g/mol. The molecule has 6 heteroatoms. The van der Waals surface area contributed by atoms with Crippen molar-refractivity contribution in [2.45, 2.75) is 19.6 Å². The van der Waals surface area contributed by atoms with Crippen molar-refractivity contribution in [2.75, 3.05) is 23.0 Å². The molecule has 0 spiro atoms. The van der Waals surface area contributed by atoms with E-state index in [1.807, 2.05) is 0 Å². The summed E-state index contributed by atoms with van der Waals surface area (Å²) in [5, 5.41) is 8.92. The zero-order valence-electron chi connectivity index (χ0n) is 10.1. The zero-order valence-corrected chi connectivity index (χ0v) is 11.0. The maximum absolute atomic E-state index is 13.9. The van der Waals surface area contributed by atoms with Crippen LogP contribution in [0.15, 0.2) is 18.2 Å². The van der Waals surface area contributed by atoms with E-state index in [4.69, 9.17) is 5.11 Å². The minimum Gasteiger partial charge on any atom is -0.392 e. The summed E-state index contributed by atoms with van der Waals surface area (Å²) in [5.74, 6) is -0.320. The summed E-state index contributed by atoms with van der Waals surface area (Å²) >= 11 is 0. The molecule has 1 aromatic carbocycles. The van der Waals surface area contributed by atoms with E-state index in [0.717, 1.165) is 0 Å². The number of aliphatic hydroxyl groups is 1. The van der Waals surface area contributed by atoms with Gasteiger partial charge >= 0.3 is 0 Å². The van der Waals surface area contributed by atoms with Gasteiger partial charge in [-0.05, 0) is 24.6 Å². The van der Waals surface area contributed by atoms with Crippen molar-refractivity contribution in [1.29, 1.82) is 0 Å². The Bertz CT molecular complexity index is 544. The van der Waals surface area contributed by atoms with Crippen molar-refractivity contribution in [1.82, 2.24) is 0 Å². The summed E-state index contributed by atoms with van der Waals surface area (Å²) < 4.78 is 36.8. The molecular formula is C12H16FNO3S. The highest BCUT2D eigenvalue weighted by atomic mass is 32.2. The van der Waals surface area contributed by atoms with Gasteiger partial charge in [0, 0.05) is 12.6 Å². The summed E-state index contributed by atoms with van der Waals surface area (Å²) in [4.78, 5) is 1.76. The quantitative estimate of drug-likeness (QED) is 0.871. The Hall–Kier alpha value is -1.14. The normalized spacial score (nSPS) is 23.1. The summed E-state index contributed by atoms with van der Waals surface area (Å²) in [6.45, 7) is 1.87. The molecule has 0 aliphatic carbocycles. The molecule has 1 aliphatic heterocycles. The molecule has 18 heavy (non-hydrogen) atoms. The van der Waals surface area contributed by atoms with Crippen LogP contribution in [0.3, 0.4) is 0 Å². The van der Waals surface area contributed by atoms with Crippen molar-refractivity contribution in [3.63, 3.8) is 0 Å². The van der Waals surface area contributed by atoms with Crippen molar-refractivity contribution >= 4 is 15.5 Å². The molecule has 1 saturated heterocycles. The van der Waals surface area contributed by atoms with Gasteiger partial charge < -0.3 is 10.0 Å². The monoisotopic (exact) mass is 273 g/mol. The molecule has 1 atom stereocenters. The highest BCUT2D eigenvalue weighted by Gasteiger charge is 2.29.